The standard InChI is InChI=1S/C12H18N2O2/c1-5-9(3)14-8-7-10(15)13-12(4,6-2)11(14)16/h1,9H,6-8H2,2-4H3,(H,13,15). The molecule has 0 aliphatic carbocycles. The van der Waals surface area contributed by atoms with Gasteiger partial charge in [-0.15, -0.1) is 6.42 Å². The molecule has 1 aliphatic rings. The average molecular weight is 222 g/mol. The molecule has 1 heterocycles. The number of carbonyl (C=O) groups excluding carboxylic acids is 2. The van der Waals surface area contributed by atoms with Gasteiger partial charge in [0.05, 0.1) is 6.04 Å². The summed E-state index contributed by atoms with van der Waals surface area (Å²) in [6, 6.07) is -0.272. The van der Waals surface area contributed by atoms with Crippen LogP contribution in [0, 0.1) is 12.3 Å². The SMILES string of the molecule is C#CC(C)N1CCC(=O)NC(C)(CC)C1=O. The summed E-state index contributed by atoms with van der Waals surface area (Å²) in [7, 11) is 0. The molecule has 0 aromatic rings. The van der Waals surface area contributed by atoms with Crippen LogP contribution in [0.1, 0.15) is 33.6 Å². The molecule has 0 aromatic heterocycles. The second-order valence-electron chi connectivity index (χ2n) is 4.33. The van der Waals surface area contributed by atoms with Gasteiger partial charge >= 0.3 is 0 Å². The zero-order valence-corrected chi connectivity index (χ0v) is 10.0. The number of hydrogen-bond donors (Lipinski definition) is 1. The summed E-state index contributed by atoms with van der Waals surface area (Å²) in [5.41, 5.74) is -0.821. The van der Waals surface area contributed by atoms with Crippen molar-refractivity contribution in [2.24, 2.45) is 0 Å². The van der Waals surface area contributed by atoms with Gasteiger partial charge in [-0.2, -0.15) is 0 Å². The normalized spacial score (nSPS) is 28.0. The van der Waals surface area contributed by atoms with Gasteiger partial charge in [-0.3, -0.25) is 9.59 Å². The van der Waals surface area contributed by atoms with E-state index in [1.54, 1.807) is 18.7 Å². The number of carbonyl (C=O) groups is 2. The lowest BCUT2D eigenvalue weighted by molar-refractivity contribution is -0.139. The first kappa shape index (κ1) is 12.6. The maximum Gasteiger partial charge on any atom is 0.249 e. The minimum Gasteiger partial charge on any atom is -0.342 e. The van der Waals surface area contributed by atoms with Crippen molar-refractivity contribution < 1.29 is 9.59 Å². The number of rotatable bonds is 2. The summed E-state index contributed by atoms with van der Waals surface area (Å²) >= 11 is 0. The number of nitrogens with one attached hydrogen (secondary N) is 1. The summed E-state index contributed by atoms with van der Waals surface area (Å²) in [6.07, 6.45) is 6.21. The molecular weight excluding hydrogens is 204 g/mol. The van der Waals surface area contributed by atoms with Crippen LogP contribution in [0.25, 0.3) is 0 Å². The minimum atomic E-state index is -0.821. The minimum absolute atomic E-state index is 0.0914. The molecule has 2 atom stereocenters. The van der Waals surface area contributed by atoms with Crippen molar-refractivity contribution in [3.63, 3.8) is 0 Å². The molecule has 88 valence electrons. The Hall–Kier alpha value is -1.50. The van der Waals surface area contributed by atoms with Crippen molar-refractivity contribution in [3.8, 4) is 12.3 Å². The van der Waals surface area contributed by atoms with Crippen LogP contribution in [0.2, 0.25) is 0 Å². The van der Waals surface area contributed by atoms with Crippen LogP contribution in [-0.2, 0) is 9.59 Å². The first-order chi connectivity index (χ1) is 7.44. The van der Waals surface area contributed by atoms with Crippen LogP contribution < -0.4 is 5.32 Å². The molecule has 0 aromatic carbocycles. The highest BCUT2D eigenvalue weighted by molar-refractivity contribution is 5.93. The molecule has 1 N–H and O–H groups in total. The highest BCUT2D eigenvalue weighted by Gasteiger charge is 2.40. The quantitative estimate of drug-likeness (QED) is 0.693. The number of nitrogens with zero attached hydrogens (tertiary/aromatic N) is 1. The van der Waals surface area contributed by atoms with Crippen molar-refractivity contribution in [2.75, 3.05) is 6.54 Å². The second kappa shape index (κ2) is 4.56. The van der Waals surface area contributed by atoms with E-state index in [0.29, 0.717) is 19.4 Å². The van der Waals surface area contributed by atoms with Crippen LogP contribution in [-0.4, -0.2) is 34.8 Å². The molecule has 1 saturated heterocycles. The molecule has 1 rings (SSSR count). The molecule has 0 radical (unpaired) electrons. The van der Waals surface area contributed by atoms with Gasteiger partial charge in [-0.1, -0.05) is 12.8 Å². The predicted molar refractivity (Wildman–Crippen MR) is 61.5 cm³/mol. The fourth-order valence-electron chi connectivity index (χ4n) is 1.76. The Morgan fingerprint density at radius 2 is 2.25 bits per heavy atom. The fraction of sp³-hybridized carbons (Fsp3) is 0.667. The van der Waals surface area contributed by atoms with Gasteiger partial charge in [0.1, 0.15) is 5.54 Å². The Kier molecular flexibility index (Phi) is 3.58. The van der Waals surface area contributed by atoms with Crippen molar-refractivity contribution in [2.45, 2.75) is 45.2 Å². The average Bonchev–Trinajstić information content (AvgIpc) is 2.37. The van der Waals surface area contributed by atoms with Crippen LogP contribution >= 0.6 is 0 Å². The zero-order chi connectivity index (χ0) is 12.3. The maximum absolute atomic E-state index is 12.3. The van der Waals surface area contributed by atoms with Crippen LogP contribution in [0.5, 0.6) is 0 Å². The predicted octanol–water partition coefficient (Wildman–Crippen LogP) is 0.525. The van der Waals surface area contributed by atoms with Gasteiger partial charge in [0, 0.05) is 13.0 Å². The molecular formula is C12H18N2O2. The van der Waals surface area contributed by atoms with Gasteiger partial charge in [-0.05, 0) is 20.3 Å². The molecule has 4 heteroatoms. The Bertz CT molecular complexity index is 345. The van der Waals surface area contributed by atoms with Crippen molar-refractivity contribution in [1.29, 1.82) is 0 Å². The molecule has 2 unspecified atom stereocenters. The van der Waals surface area contributed by atoms with Gasteiger partial charge in [-0.25, -0.2) is 0 Å². The van der Waals surface area contributed by atoms with Gasteiger partial charge in [0.15, 0.2) is 0 Å². The van der Waals surface area contributed by atoms with E-state index in [1.807, 2.05) is 6.92 Å². The summed E-state index contributed by atoms with van der Waals surface area (Å²) in [4.78, 5) is 25.4. The Labute approximate surface area is 96.4 Å². The highest BCUT2D eigenvalue weighted by Crippen LogP contribution is 2.19. The number of hydrogen-bond acceptors (Lipinski definition) is 2. The third-order valence-corrected chi connectivity index (χ3v) is 3.14. The molecule has 0 spiro atoms. The summed E-state index contributed by atoms with van der Waals surface area (Å²) < 4.78 is 0. The van der Waals surface area contributed by atoms with E-state index in [1.165, 1.54) is 0 Å². The zero-order valence-electron chi connectivity index (χ0n) is 10.0. The van der Waals surface area contributed by atoms with E-state index in [0.717, 1.165) is 0 Å². The lowest BCUT2D eigenvalue weighted by Crippen LogP contribution is -2.56. The lowest BCUT2D eigenvalue weighted by atomic mass is 9.96. The van der Waals surface area contributed by atoms with Crippen molar-refractivity contribution >= 4 is 11.8 Å². The molecule has 1 aliphatic heterocycles. The van der Waals surface area contributed by atoms with E-state index in [-0.39, 0.29) is 17.9 Å². The third kappa shape index (κ3) is 2.19. The Balaban J connectivity index is 3.02. The number of terminal acetylenes is 1. The third-order valence-electron chi connectivity index (χ3n) is 3.14. The van der Waals surface area contributed by atoms with E-state index in [9.17, 15) is 9.59 Å². The first-order valence-corrected chi connectivity index (χ1v) is 5.53. The molecule has 4 nitrogen and oxygen atoms in total. The molecule has 2 amide bonds. The smallest absolute Gasteiger partial charge is 0.249 e. The van der Waals surface area contributed by atoms with Crippen LogP contribution in [0.4, 0.5) is 0 Å². The van der Waals surface area contributed by atoms with Crippen molar-refractivity contribution in [3.05, 3.63) is 0 Å². The Morgan fingerprint density at radius 3 is 2.75 bits per heavy atom. The van der Waals surface area contributed by atoms with E-state index in [2.05, 4.69) is 11.2 Å². The largest absolute Gasteiger partial charge is 0.342 e. The summed E-state index contributed by atoms with van der Waals surface area (Å²) in [5, 5.41) is 2.76. The fourth-order valence-corrected chi connectivity index (χ4v) is 1.76. The van der Waals surface area contributed by atoms with Crippen LogP contribution in [0.3, 0.4) is 0 Å². The topological polar surface area (TPSA) is 49.4 Å². The lowest BCUT2D eigenvalue weighted by Gasteiger charge is -2.32. The summed E-state index contributed by atoms with van der Waals surface area (Å²) in [5.74, 6) is 2.35. The Morgan fingerprint density at radius 1 is 1.62 bits per heavy atom. The second-order valence-corrected chi connectivity index (χ2v) is 4.33. The van der Waals surface area contributed by atoms with Gasteiger partial charge < -0.3 is 10.2 Å². The highest BCUT2D eigenvalue weighted by atomic mass is 16.2. The maximum atomic E-state index is 12.3. The van der Waals surface area contributed by atoms with E-state index >= 15 is 0 Å². The first-order valence-electron chi connectivity index (χ1n) is 5.53. The summed E-state index contributed by atoms with van der Waals surface area (Å²) in [6.45, 7) is 5.81. The molecule has 1 fully saturated rings. The monoisotopic (exact) mass is 222 g/mol. The molecule has 0 saturated carbocycles. The van der Waals surface area contributed by atoms with E-state index in [4.69, 9.17) is 6.42 Å². The molecule has 0 bridgehead atoms. The van der Waals surface area contributed by atoms with Gasteiger partial charge in [0.25, 0.3) is 0 Å². The number of amides is 2. The van der Waals surface area contributed by atoms with E-state index < -0.39 is 5.54 Å². The van der Waals surface area contributed by atoms with Crippen LogP contribution in [0.15, 0.2) is 0 Å². The molecule has 16 heavy (non-hydrogen) atoms. The van der Waals surface area contributed by atoms with Crippen molar-refractivity contribution in [1.82, 2.24) is 10.2 Å². The van der Waals surface area contributed by atoms with Gasteiger partial charge in [0.2, 0.25) is 11.8 Å².